The van der Waals surface area contributed by atoms with Crippen LogP contribution in [0.3, 0.4) is 0 Å². The highest BCUT2D eigenvalue weighted by atomic mass is 35.5. The minimum Gasteiger partial charge on any atom is -0.375 e. The summed E-state index contributed by atoms with van der Waals surface area (Å²) in [6.07, 6.45) is 22.1. The minimum atomic E-state index is 0. The lowest BCUT2D eigenvalue weighted by Crippen LogP contribution is -2.28. The van der Waals surface area contributed by atoms with E-state index in [2.05, 4.69) is 24.8 Å². The maximum atomic E-state index is 2.66. The minimum absolute atomic E-state index is 0. The Labute approximate surface area is 146 Å². The highest BCUT2D eigenvalue weighted by molar-refractivity contribution is 5.85. The molecule has 22 heavy (non-hydrogen) atoms. The van der Waals surface area contributed by atoms with Gasteiger partial charge in [-0.1, -0.05) is 71.3 Å². The molecule has 0 aromatic carbocycles. The molecular weight excluding hydrogens is 290 g/mol. The first kappa shape index (κ1) is 21.8. The van der Waals surface area contributed by atoms with Gasteiger partial charge in [0.05, 0.1) is 0 Å². The van der Waals surface area contributed by atoms with Crippen molar-refractivity contribution in [1.82, 2.24) is 4.90 Å². The Morgan fingerprint density at radius 1 is 0.818 bits per heavy atom. The molecule has 0 radical (unpaired) electrons. The Balaban J connectivity index is 0.00000441. The molecule has 2 heteroatoms. The Kier molecular flexibility index (Phi) is 15.6. The summed E-state index contributed by atoms with van der Waals surface area (Å²) in [7, 11) is 0. The highest BCUT2D eigenvalue weighted by Crippen LogP contribution is 2.22. The molecule has 0 atom stereocenters. The van der Waals surface area contributed by atoms with Gasteiger partial charge in [0.2, 0.25) is 0 Å². The Bertz CT molecular complexity index is 262. The van der Waals surface area contributed by atoms with Crippen molar-refractivity contribution in [2.45, 2.75) is 104 Å². The Morgan fingerprint density at radius 3 is 2.14 bits per heavy atom. The van der Waals surface area contributed by atoms with Gasteiger partial charge >= 0.3 is 0 Å². The molecule has 1 rings (SSSR count). The molecule has 1 saturated heterocycles. The summed E-state index contributed by atoms with van der Waals surface area (Å²) in [6, 6.07) is 0. The number of halogens is 1. The monoisotopic (exact) mass is 329 g/mol. The molecule has 0 aliphatic carbocycles. The van der Waals surface area contributed by atoms with Gasteiger partial charge in [-0.15, -0.1) is 12.4 Å². The molecule has 0 aromatic heterocycles. The number of unbranched alkanes of at least 4 members (excludes halogenated alkanes) is 9. The normalized spacial score (nSPS) is 16.8. The van der Waals surface area contributed by atoms with E-state index in [1.54, 1.807) is 5.70 Å². The van der Waals surface area contributed by atoms with Gasteiger partial charge < -0.3 is 4.90 Å². The predicted molar refractivity (Wildman–Crippen MR) is 103 cm³/mol. The third-order valence-electron chi connectivity index (χ3n) is 4.74. The number of rotatable bonds is 12. The summed E-state index contributed by atoms with van der Waals surface area (Å²) in [4.78, 5) is 2.66. The number of allylic oxidation sites excluding steroid dienone is 2. The topological polar surface area (TPSA) is 3.24 Å². The van der Waals surface area contributed by atoms with E-state index in [1.807, 2.05) is 0 Å². The maximum Gasteiger partial charge on any atom is 0.0175 e. The first-order valence-corrected chi connectivity index (χ1v) is 9.82. The SMILES string of the molecule is CCCCCCCCCCC=C1CCCCN1CCCC.Cl. The molecular formula is C20H40ClN. The average molecular weight is 330 g/mol. The van der Waals surface area contributed by atoms with Crippen LogP contribution in [0.25, 0.3) is 0 Å². The number of likely N-dealkylation sites (tertiary alicyclic amines) is 1. The standard InChI is InChI=1S/C20H39N.ClH/c1-3-5-7-8-9-10-11-12-13-16-20-17-14-15-19-21(20)18-6-4-2;/h16H,3-15,17-19H2,1-2H3;1H. The van der Waals surface area contributed by atoms with Crippen molar-refractivity contribution in [2.75, 3.05) is 13.1 Å². The van der Waals surface area contributed by atoms with Gasteiger partial charge in [0, 0.05) is 18.8 Å². The summed E-state index contributed by atoms with van der Waals surface area (Å²) >= 11 is 0. The molecule has 0 saturated carbocycles. The van der Waals surface area contributed by atoms with Gasteiger partial charge in [0.15, 0.2) is 0 Å². The maximum absolute atomic E-state index is 2.66. The predicted octanol–water partition coefficient (Wildman–Crippen LogP) is 7.11. The van der Waals surface area contributed by atoms with Crippen molar-refractivity contribution in [2.24, 2.45) is 0 Å². The Hall–Kier alpha value is -0.170. The van der Waals surface area contributed by atoms with Crippen LogP contribution in [0.4, 0.5) is 0 Å². The summed E-state index contributed by atoms with van der Waals surface area (Å²) in [5.74, 6) is 0. The van der Waals surface area contributed by atoms with Crippen LogP contribution in [0.5, 0.6) is 0 Å². The molecule has 1 fully saturated rings. The molecule has 1 nitrogen and oxygen atoms in total. The van der Waals surface area contributed by atoms with E-state index in [-0.39, 0.29) is 12.4 Å². The molecule has 1 aliphatic rings. The van der Waals surface area contributed by atoms with E-state index in [0.717, 1.165) is 0 Å². The molecule has 0 amide bonds. The molecule has 132 valence electrons. The van der Waals surface area contributed by atoms with Crippen molar-refractivity contribution in [3.8, 4) is 0 Å². The summed E-state index contributed by atoms with van der Waals surface area (Å²) in [5.41, 5.74) is 1.66. The summed E-state index contributed by atoms with van der Waals surface area (Å²) in [5, 5.41) is 0. The van der Waals surface area contributed by atoms with E-state index < -0.39 is 0 Å². The number of nitrogens with zero attached hydrogens (tertiary/aromatic N) is 1. The van der Waals surface area contributed by atoms with Crippen molar-refractivity contribution in [1.29, 1.82) is 0 Å². The zero-order valence-electron chi connectivity index (χ0n) is 15.2. The molecule has 0 aromatic rings. The van der Waals surface area contributed by atoms with Crippen molar-refractivity contribution in [3.05, 3.63) is 11.8 Å². The van der Waals surface area contributed by atoms with E-state index in [9.17, 15) is 0 Å². The third kappa shape index (κ3) is 10.5. The van der Waals surface area contributed by atoms with E-state index in [0.29, 0.717) is 0 Å². The van der Waals surface area contributed by atoms with E-state index in [1.165, 1.54) is 103 Å². The second kappa shape index (κ2) is 15.7. The Morgan fingerprint density at radius 2 is 1.45 bits per heavy atom. The fourth-order valence-corrected chi connectivity index (χ4v) is 3.29. The first-order valence-electron chi connectivity index (χ1n) is 9.82. The second-order valence-corrected chi connectivity index (χ2v) is 6.76. The first-order chi connectivity index (χ1) is 10.4. The quantitative estimate of drug-likeness (QED) is 0.345. The highest BCUT2D eigenvalue weighted by Gasteiger charge is 2.13. The van der Waals surface area contributed by atoms with Crippen LogP contribution < -0.4 is 0 Å². The average Bonchev–Trinajstić information content (AvgIpc) is 2.52. The zero-order chi connectivity index (χ0) is 15.2. The molecule has 0 N–H and O–H groups in total. The van der Waals surface area contributed by atoms with E-state index in [4.69, 9.17) is 0 Å². The van der Waals surface area contributed by atoms with Crippen LogP contribution in [-0.2, 0) is 0 Å². The molecule has 0 bridgehead atoms. The summed E-state index contributed by atoms with van der Waals surface area (Å²) < 4.78 is 0. The molecule has 0 unspecified atom stereocenters. The molecule has 0 spiro atoms. The largest absolute Gasteiger partial charge is 0.375 e. The summed E-state index contributed by atoms with van der Waals surface area (Å²) in [6.45, 7) is 7.19. The molecule has 1 aliphatic heterocycles. The zero-order valence-corrected chi connectivity index (χ0v) is 16.1. The lowest BCUT2D eigenvalue weighted by atomic mass is 10.0. The fraction of sp³-hybridized carbons (Fsp3) is 0.900. The van der Waals surface area contributed by atoms with E-state index >= 15 is 0 Å². The third-order valence-corrected chi connectivity index (χ3v) is 4.74. The van der Waals surface area contributed by atoms with Gasteiger partial charge in [-0.05, 0) is 38.5 Å². The second-order valence-electron chi connectivity index (χ2n) is 6.76. The van der Waals surface area contributed by atoms with Gasteiger partial charge in [0.25, 0.3) is 0 Å². The van der Waals surface area contributed by atoms with Crippen LogP contribution in [0.2, 0.25) is 0 Å². The van der Waals surface area contributed by atoms with Crippen molar-refractivity contribution < 1.29 is 0 Å². The van der Waals surface area contributed by atoms with Gasteiger partial charge in [-0.3, -0.25) is 0 Å². The smallest absolute Gasteiger partial charge is 0.0175 e. The lowest BCUT2D eigenvalue weighted by molar-refractivity contribution is 0.284. The van der Waals surface area contributed by atoms with Crippen molar-refractivity contribution >= 4 is 12.4 Å². The van der Waals surface area contributed by atoms with Gasteiger partial charge in [0.1, 0.15) is 0 Å². The van der Waals surface area contributed by atoms with Crippen LogP contribution in [0.15, 0.2) is 11.8 Å². The number of piperidine rings is 1. The molecule has 1 heterocycles. The number of hydrogen-bond acceptors (Lipinski definition) is 1. The van der Waals surface area contributed by atoms with Crippen LogP contribution >= 0.6 is 12.4 Å². The van der Waals surface area contributed by atoms with Gasteiger partial charge in [-0.2, -0.15) is 0 Å². The van der Waals surface area contributed by atoms with Crippen LogP contribution in [-0.4, -0.2) is 18.0 Å². The number of hydrogen-bond donors (Lipinski definition) is 0. The fourth-order valence-electron chi connectivity index (χ4n) is 3.29. The van der Waals surface area contributed by atoms with Crippen molar-refractivity contribution in [3.63, 3.8) is 0 Å². The van der Waals surface area contributed by atoms with Crippen LogP contribution in [0, 0.1) is 0 Å². The van der Waals surface area contributed by atoms with Gasteiger partial charge in [-0.25, -0.2) is 0 Å². The lowest BCUT2D eigenvalue weighted by Gasteiger charge is -2.32. The van der Waals surface area contributed by atoms with Crippen LogP contribution in [0.1, 0.15) is 104 Å².